The van der Waals surface area contributed by atoms with Gasteiger partial charge in [-0.15, -0.1) is 0 Å². The quantitative estimate of drug-likeness (QED) is 0.638. The molecule has 1 unspecified atom stereocenters. The average Bonchev–Trinajstić information content (AvgIpc) is 2.35. The predicted molar refractivity (Wildman–Crippen MR) is 71.7 cm³/mol. The zero-order valence-electron chi connectivity index (χ0n) is 11.1. The highest BCUT2D eigenvalue weighted by Gasteiger charge is 2.29. The third kappa shape index (κ3) is 5.06. The van der Waals surface area contributed by atoms with Crippen LogP contribution >= 0.6 is 0 Å². The van der Waals surface area contributed by atoms with Crippen LogP contribution < -0.4 is 0 Å². The molecule has 1 fully saturated rings. The molecule has 1 aliphatic rings. The molecular formula is C10H19N3O4S2. The van der Waals surface area contributed by atoms with Crippen LogP contribution in [0.3, 0.4) is 0 Å². The van der Waals surface area contributed by atoms with Crippen LogP contribution in [0.25, 0.3) is 0 Å². The molecule has 0 radical (unpaired) electrons. The second kappa shape index (κ2) is 6.17. The van der Waals surface area contributed by atoms with Gasteiger partial charge < -0.3 is 0 Å². The van der Waals surface area contributed by atoms with E-state index in [9.17, 15) is 16.8 Å². The molecule has 1 saturated heterocycles. The Kier molecular flexibility index (Phi) is 5.32. The van der Waals surface area contributed by atoms with Gasteiger partial charge in [0, 0.05) is 32.4 Å². The first-order chi connectivity index (χ1) is 8.65. The van der Waals surface area contributed by atoms with E-state index in [4.69, 9.17) is 5.26 Å². The molecule has 0 bridgehead atoms. The molecule has 0 saturated carbocycles. The van der Waals surface area contributed by atoms with Crippen LogP contribution in [0, 0.1) is 11.3 Å². The fourth-order valence-corrected chi connectivity index (χ4v) is 4.87. The largest absolute Gasteiger partial charge is 0.286 e. The van der Waals surface area contributed by atoms with Crippen molar-refractivity contribution in [2.75, 3.05) is 43.9 Å². The van der Waals surface area contributed by atoms with Gasteiger partial charge in [-0.1, -0.05) is 0 Å². The molecule has 0 aromatic carbocycles. The zero-order valence-corrected chi connectivity index (χ0v) is 12.7. The molecular weight excluding hydrogens is 290 g/mol. The van der Waals surface area contributed by atoms with E-state index in [0.29, 0.717) is 26.2 Å². The summed E-state index contributed by atoms with van der Waals surface area (Å²) < 4.78 is 47.2. The van der Waals surface area contributed by atoms with Crippen molar-refractivity contribution in [1.82, 2.24) is 9.21 Å². The Morgan fingerprint density at radius 3 is 2.05 bits per heavy atom. The highest BCUT2D eigenvalue weighted by Crippen LogP contribution is 2.10. The van der Waals surface area contributed by atoms with E-state index in [-0.39, 0.29) is 17.5 Å². The second-order valence-corrected chi connectivity index (χ2v) is 9.03. The minimum absolute atomic E-state index is 0.235. The lowest BCUT2D eigenvalue weighted by Gasteiger charge is -2.35. The molecule has 0 amide bonds. The van der Waals surface area contributed by atoms with Gasteiger partial charge in [0.1, 0.15) is 9.84 Å². The van der Waals surface area contributed by atoms with E-state index in [1.807, 2.05) is 4.90 Å². The van der Waals surface area contributed by atoms with E-state index >= 15 is 0 Å². The minimum atomic E-state index is -3.53. The number of rotatable bonds is 5. The number of sulfonamides is 1. The summed E-state index contributed by atoms with van der Waals surface area (Å²) >= 11 is 0. The molecule has 0 spiro atoms. The van der Waals surface area contributed by atoms with Crippen LogP contribution in [-0.2, 0) is 19.9 Å². The molecule has 0 N–H and O–H groups in total. The van der Waals surface area contributed by atoms with Gasteiger partial charge >= 0.3 is 0 Å². The number of sulfone groups is 1. The summed E-state index contributed by atoms with van der Waals surface area (Å²) in [5, 5.41) is 8.80. The summed E-state index contributed by atoms with van der Waals surface area (Å²) in [5.41, 5.74) is 0. The van der Waals surface area contributed by atoms with Crippen molar-refractivity contribution in [3.8, 4) is 6.07 Å². The number of hydrogen-bond donors (Lipinski definition) is 0. The number of nitriles is 1. The van der Waals surface area contributed by atoms with Gasteiger partial charge in [-0.25, -0.2) is 16.8 Å². The third-order valence-electron chi connectivity index (χ3n) is 3.11. The highest BCUT2D eigenvalue weighted by atomic mass is 32.2. The van der Waals surface area contributed by atoms with E-state index in [2.05, 4.69) is 6.07 Å². The molecule has 0 aromatic rings. The first-order valence-electron chi connectivity index (χ1n) is 5.95. The normalized spacial score (nSPS) is 20.9. The molecule has 110 valence electrons. The summed E-state index contributed by atoms with van der Waals surface area (Å²) in [5.74, 6) is -0.732. The van der Waals surface area contributed by atoms with Crippen molar-refractivity contribution in [2.45, 2.75) is 13.0 Å². The lowest BCUT2D eigenvalue weighted by Crippen LogP contribution is -2.51. The van der Waals surface area contributed by atoms with Gasteiger partial charge in [-0.3, -0.25) is 4.90 Å². The molecule has 1 rings (SSSR count). The summed E-state index contributed by atoms with van der Waals surface area (Å²) in [7, 11) is -6.81. The fraction of sp³-hybridized carbons (Fsp3) is 0.900. The molecule has 1 heterocycles. The number of hydrogen-bond acceptors (Lipinski definition) is 6. The Morgan fingerprint density at radius 2 is 1.63 bits per heavy atom. The number of nitrogens with zero attached hydrogens (tertiary/aromatic N) is 3. The Labute approximate surface area is 114 Å². The molecule has 1 atom stereocenters. The van der Waals surface area contributed by atoms with Gasteiger partial charge in [0.05, 0.1) is 23.6 Å². The van der Waals surface area contributed by atoms with Gasteiger partial charge in [0.25, 0.3) is 0 Å². The van der Waals surface area contributed by atoms with Crippen molar-refractivity contribution in [2.24, 2.45) is 0 Å². The summed E-state index contributed by atoms with van der Waals surface area (Å²) in [6, 6.07) is 1.88. The van der Waals surface area contributed by atoms with Gasteiger partial charge in [0.15, 0.2) is 0 Å². The summed E-state index contributed by atoms with van der Waals surface area (Å²) in [6.45, 7) is 3.36. The Bertz CT molecular complexity index is 542. The van der Waals surface area contributed by atoms with E-state index in [1.54, 1.807) is 6.92 Å². The third-order valence-corrected chi connectivity index (χ3v) is 6.19. The molecule has 0 aliphatic carbocycles. The highest BCUT2D eigenvalue weighted by molar-refractivity contribution is 7.93. The van der Waals surface area contributed by atoms with Crippen LogP contribution in [0.1, 0.15) is 6.92 Å². The van der Waals surface area contributed by atoms with Crippen LogP contribution in [-0.4, -0.2) is 76.0 Å². The van der Waals surface area contributed by atoms with Gasteiger partial charge in [-0.2, -0.15) is 9.57 Å². The smallest absolute Gasteiger partial charge is 0.215 e. The Balaban J connectivity index is 2.57. The lowest BCUT2D eigenvalue weighted by atomic mass is 10.2. The molecule has 9 heteroatoms. The summed E-state index contributed by atoms with van der Waals surface area (Å²) in [6.07, 6.45) is 1.02. The van der Waals surface area contributed by atoms with Crippen LogP contribution in [0.5, 0.6) is 0 Å². The minimum Gasteiger partial charge on any atom is -0.286 e. The average molecular weight is 309 g/mol. The molecule has 0 aromatic heterocycles. The molecule has 1 aliphatic heterocycles. The number of piperazine rings is 1. The van der Waals surface area contributed by atoms with Crippen molar-refractivity contribution < 1.29 is 16.8 Å². The lowest BCUT2D eigenvalue weighted by molar-refractivity contribution is 0.170. The Morgan fingerprint density at radius 1 is 1.11 bits per heavy atom. The maximum absolute atomic E-state index is 12.0. The predicted octanol–water partition coefficient (Wildman–Crippen LogP) is -1.11. The van der Waals surface area contributed by atoms with Crippen LogP contribution in [0.4, 0.5) is 0 Å². The monoisotopic (exact) mass is 309 g/mol. The Hall–Kier alpha value is -0.690. The van der Waals surface area contributed by atoms with Crippen LogP contribution in [0.15, 0.2) is 0 Å². The molecule has 19 heavy (non-hydrogen) atoms. The van der Waals surface area contributed by atoms with Crippen molar-refractivity contribution >= 4 is 19.9 Å². The maximum atomic E-state index is 12.0. The van der Waals surface area contributed by atoms with E-state index < -0.39 is 19.9 Å². The standard InChI is InChI=1S/C10H19N3O4S2/c1-10(9-11)12-3-5-13(6-4-12)19(16,17)8-7-18(2,14)15/h10H,3-8H2,1-2H3. The van der Waals surface area contributed by atoms with Crippen molar-refractivity contribution in [3.63, 3.8) is 0 Å². The van der Waals surface area contributed by atoms with Crippen LogP contribution in [0.2, 0.25) is 0 Å². The molecule has 7 nitrogen and oxygen atoms in total. The van der Waals surface area contributed by atoms with E-state index in [0.717, 1.165) is 6.26 Å². The van der Waals surface area contributed by atoms with Crippen molar-refractivity contribution in [1.29, 1.82) is 5.26 Å². The maximum Gasteiger partial charge on any atom is 0.215 e. The second-order valence-electron chi connectivity index (χ2n) is 4.69. The van der Waals surface area contributed by atoms with Crippen molar-refractivity contribution in [3.05, 3.63) is 0 Å². The first kappa shape index (κ1) is 16.4. The zero-order chi connectivity index (χ0) is 14.7. The van der Waals surface area contributed by atoms with E-state index in [1.165, 1.54) is 4.31 Å². The topological polar surface area (TPSA) is 98.5 Å². The van der Waals surface area contributed by atoms with Gasteiger partial charge in [-0.05, 0) is 6.92 Å². The fourth-order valence-electron chi connectivity index (χ4n) is 1.84. The SMILES string of the molecule is CC(C#N)N1CCN(S(=O)(=O)CCS(C)(=O)=O)CC1. The van der Waals surface area contributed by atoms with Gasteiger partial charge in [0.2, 0.25) is 10.0 Å². The summed E-state index contributed by atoms with van der Waals surface area (Å²) in [4.78, 5) is 1.91. The first-order valence-corrected chi connectivity index (χ1v) is 9.62.